The molecule has 1 aliphatic heterocycles. The third kappa shape index (κ3) is 7.92. The molecule has 0 atom stereocenters. The molecule has 0 bridgehead atoms. The Kier molecular flexibility index (Phi) is 9.85. The number of nitrogens with zero attached hydrogens (tertiary/aromatic N) is 3. The van der Waals surface area contributed by atoms with Crippen LogP contribution in [-0.2, 0) is 32.6 Å². The van der Waals surface area contributed by atoms with Crippen molar-refractivity contribution in [3.63, 3.8) is 0 Å². The highest BCUT2D eigenvalue weighted by atomic mass is 79.9. The number of morpholine rings is 1. The van der Waals surface area contributed by atoms with Gasteiger partial charge in [-0.1, -0.05) is 34.1 Å². The zero-order valence-corrected chi connectivity index (χ0v) is 23.5. The largest absolute Gasteiger partial charge is 0.379 e. The normalized spacial score (nSPS) is 14.7. The molecule has 2 heterocycles. The SMILES string of the molecule is O=C(CN(CCN1CCOCC1)S(=O)(=O)c1ccc(Br)cc1)N(Cc1ccc(F)cc1)Cc1cccs1. The first-order chi connectivity index (χ1) is 17.8. The predicted molar refractivity (Wildman–Crippen MR) is 145 cm³/mol. The van der Waals surface area contributed by atoms with Crippen LogP contribution < -0.4 is 0 Å². The molecule has 0 aliphatic carbocycles. The molecule has 7 nitrogen and oxygen atoms in total. The summed E-state index contributed by atoms with van der Waals surface area (Å²) in [4.78, 5) is 18.5. The van der Waals surface area contributed by atoms with Crippen LogP contribution in [0.5, 0.6) is 0 Å². The number of halogens is 2. The van der Waals surface area contributed by atoms with E-state index in [1.165, 1.54) is 39.9 Å². The lowest BCUT2D eigenvalue weighted by Gasteiger charge is -2.31. The van der Waals surface area contributed by atoms with E-state index < -0.39 is 10.0 Å². The fourth-order valence-electron chi connectivity index (χ4n) is 4.00. The van der Waals surface area contributed by atoms with E-state index >= 15 is 0 Å². The summed E-state index contributed by atoms with van der Waals surface area (Å²) < 4.78 is 48.2. The van der Waals surface area contributed by atoms with E-state index in [2.05, 4.69) is 20.8 Å². The molecule has 0 saturated carbocycles. The monoisotopic (exact) mass is 609 g/mol. The van der Waals surface area contributed by atoms with Crippen LogP contribution in [0.1, 0.15) is 10.4 Å². The summed E-state index contributed by atoms with van der Waals surface area (Å²) >= 11 is 4.87. The van der Waals surface area contributed by atoms with Crippen LogP contribution >= 0.6 is 27.3 Å². The van der Waals surface area contributed by atoms with Gasteiger partial charge in [0.15, 0.2) is 0 Å². The van der Waals surface area contributed by atoms with E-state index in [1.54, 1.807) is 29.2 Å². The van der Waals surface area contributed by atoms with Crippen molar-refractivity contribution in [3.05, 3.63) is 86.8 Å². The van der Waals surface area contributed by atoms with Gasteiger partial charge in [-0.25, -0.2) is 12.8 Å². The lowest BCUT2D eigenvalue weighted by atomic mass is 10.2. The molecule has 1 amide bonds. The molecule has 3 aromatic rings. The number of rotatable bonds is 11. The van der Waals surface area contributed by atoms with Crippen molar-refractivity contribution in [1.29, 1.82) is 0 Å². The van der Waals surface area contributed by atoms with E-state index in [0.29, 0.717) is 26.3 Å². The van der Waals surface area contributed by atoms with E-state index in [-0.39, 0.29) is 36.3 Å². The summed E-state index contributed by atoms with van der Waals surface area (Å²) in [5.74, 6) is -0.671. The van der Waals surface area contributed by atoms with E-state index in [4.69, 9.17) is 4.74 Å². The van der Waals surface area contributed by atoms with Gasteiger partial charge >= 0.3 is 0 Å². The topological polar surface area (TPSA) is 70.2 Å². The first-order valence-corrected chi connectivity index (χ1v) is 15.0. The smallest absolute Gasteiger partial charge is 0.243 e. The fraction of sp³-hybridized carbons (Fsp3) is 0.346. The van der Waals surface area contributed by atoms with Crippen LogP contribution in [0.4, 0.5) is 4.39 Å². The van der Waals surface area contributed by atoms with Gasteiger partial charge in [-0.05, 0) is 53.4 Å². The van der Waals surface area contributed by atoms with Crippen LogP contribution in [0.3, 0.4) is 0 Å². The summed E-state index contributed by atoms with van der Waals surface area (Å²) in [6, 6.07) is 16.3. The Labute approximate surface area is 229 Å². The maximum absolute atomic E-state index is 13.6. The number of carbonyl (C=O) groups excluding carboxylic acids is 1. The molecule has 4 rings (SSSR count). The van der Waals surface area contributed by atoms with Gasteiger partial charge in [-0.15, -0.1) is 11.3 Å². The first-order valence-electron chi connectivity index (χ1n) is 11.9. The molecular weight excluding hydrogens is 581 g/mol. The van der Waals surface area contributed by atoms with Crippen molar-refractivity contribution in [2.24, 2.45) is 0 Å². The predicted octanol–water partition coefficient (Wildman–Crippen LogP) is 4.20. The third-order valence-corrected chi connectivity index (χ3v) is 9.35. The maximum Gasteiger partial charge on any atom is 0.243 e. The van der Waals surface area contributed by atoms with Crippen LogP contribution in [0.2, 0.25) is 0 Å². The highest BCUT2D eigenvalue weighted by Crippen LogP contribution is 2.21. The van der Waals surface area contributed by atoms with Crippen LogP contribution in [-0.4, -0.2) is 74.4 Å². The van der Waals surface area contributed by atoms with Crippen molar-refractivity contribution in [2.75, 3.05) is 45.9 Å². The molecule has 1 aromatic heterocycles. The summed E-state index contributed by atoms with van der Waals surface area (Å²) in [6.45, 7) is 3.59. The average molecular weight is 611 g/mol. The molecular formula is C26H29BrFN3O4S2. The summed E-state index contributed by atoms with van der Waals surface area (Å²) in [5, 5.41) is 1.93. The Morgan fingerprint density at radius 2 is 1.73 bits per heavy atom. The number of benzene rings is 2. The van der Waals surface area contributed by atoms with Gasteiger partial charge in [0.05, 0.1) is 31.2 Å². The maximum atomic E-state index is 13.6. The highest BCUT2D eigenvalue weighted by molar-refractivity contribution is 9.10. The fourth-order valence-corrected chi connectivity index (χ4v) is 6.37. The van der Waals surface area contributed by atoms with Crippen LogP contribution in [0.15, 0.2) is 75.4 Å². The molecule has 1 fully saturated rings. The number of sulfonamides is 1. The molecule has 0 spiro atoms. The molecule has 1 aliphatic rings. The number of hydrogen-bond donors (Lipinski definition) is 0. The average Bonchev–Trinajstić information content (AvgIpc) is 3.41. The van der Waals surface area contributed by atoms with Crippen LogP contribution in [0.25, 0.3) is 0 Å². The standard InChI is InChI=1S/C26H29BrFN3O4S2/c27-22-5-9-25(10-6-22)37(33,34)31(12-11-29-13-15-35-16-14-29)20-26(32)30(19-24-2-1-17-36-24)18-21-3-7-23(28)8-4-21/h1-10,17H,11-16,18-20H2. The minimum absolute atomic E-state index is 0.133. The minimum Gasteiger partial charge on any atom is -0.379 e. The molecule has 0 radical (unpaired) electrons. The Morgan fingerprint density at radius 3 is 2.38 bits per heavy atom. The second kappa shape index (κ2) is 13.1. The highest BCUT2D eigenvalue weighted by Gasteiger charge is 2.29. The van der Waals surface area contributed by atoms with Gasteiger partial charge < -0.3 is 9.64 Å². The number of carbonyl (C=O) groups is 1. The lowest BCUT2D eigenvalue weighted by molar-refractivity contribution is -0.132. The number of thiophene rings is 1. The second-order valence-electron chi connectivity index (χ2n) is 8.70. The zero-order chi connectivity index (χ0) is 26.3. The van der Waals surface area contributed by atoms with Gasteiger partial charge in [0.1, 0.15) is 5.82 Å². The van der Waals surface area contributed by atoms with Crippen molar-refractivity contribution in [1.82, 2.24) is 14.1 Å². The molecule has 0 N–H and O–H groups in total. The van der Waals surface area contributed by atoms with E-state index in [1.807, 2.05) is 17.5 Å². The molecule has 0 unspecified atom stereocenters. The molecule has 198 valence electrons. The Morgan fingerprint density at radius 1 is 1.03 bits per heavy atom. The van der Waals surface area contributed by atoms with E-state index in [9.17, 15) is 17.6 Å². The Hall–Kier alpha value is -2.15. The Bertz CT molecular complexity index is 1250. The number of hydrogen-bond acceptors (Lipinski definition) is 6. The van der Waals surface area contributed by atoms with Crippen molar-refractivity contribution in [3.8, 4) is 0 Å². The quantitative estimate of drug-likeness (QED) is 0.326. The van der Waals surface area contributed by atoms with Gasteiger partial charge in [0.25, 0.3) is 0 Å². The van der Waals surface area contributed by atoms with Crippen LogP contribution in [0, 0.1) is 5.82 Å². The van der Waals surface area contributed by atoms with Crippen molar-refractivity contribution < 1.29 is 22.3 Å². The van der Waals surface area contributed by atoms with E-state index in [0.717, 1.165) is 28.0 Å². The summed E-state index contributed by atoms with van der Waals surface area (Å²) in [5.41, 5.74) is 0.766. The van der Waals surface area contributed by atoms with Gasteiger partial charge in [0.2, 0.25) is 15.9 Å². The van der Waals surface area contributed by atoms with Crippen molar-refractivity contribution in [2.45, 2.75) is 18.0 Å². The number of amides is 1. The summed E-state index contributed by atoms with van der Waals surface area (Å²) in [6.07, 6.45) is 0. The molecule has 11 heteroatoms. The Balaban J connectivity index is 1.56. The van der Waals surface area contributed by atoms with Gasteiger partial charge in [0, 0.05) is 42.1 Å². The summed E-state index contributed by atoms with van der Waals surface area (Å²) in [7, 11) is -3.93. The lowest BCUT2D eigenvalue weighted by Crippen LogP contribution is -2.46. The zero-order valence-electron chi connectivity index (χ0n) is 20.3. The molecule has 1 saturated heterocycles. The third-order valence-electron chi connectivity index (χ3n) is 6.10. The van der Waals surface area contributed by atoms with Crippen molar-refractivity contribution >= 4 is 43.2 Å². The molecule has 2 aromatic carbocycles. The first kappa shape index (κ1) is 27.9. The molecule has 37 heavy (non-hydrogen) atoms. The van der Waals surface area contributed by atoms with Gasteiger partial charge in [-0.3, -0.25) is 9.69 Å². The van der Waals surface area contributed by atoms with Gasteiger partial charge in [-0.2, -0.15) is 4.31 Å². The second-order valence-corrected chi connectivity index (χ2v) is 12.6. The minimum atomic E-state index is -3.93. The number of ether oxygens (including phenoxy) is 1.